The predicted octanol–water partition coefficient (Wildman–Crippen LogP) is 1.23. The van der Waals surface area contributed by atoms with Crippen molar-refractivity contribution in [1.29, 1.82) is 0 Å². The first-order valence-electron chi connectivity index (χ1n) is 5.13. The van der Waals surface area contributed by atoms with Crippen molar-refractivity contribution in [1.82, 2.24) is 9.80 Å². The molecule has 0 aromatic heterocycles. The van der Waals surface area contributed by atoms with E-state index in [1.807, 2.05) is 0 Å². The van der Waals surface area contributed by atoms with E-state index in [0.29, 0.717) is 0 Å². The number of nitrogens with zero attached hydrogens (tertiary/aromatic N) is 3. The van der Waals surface area contributed by atoms with Crippen LogP contribution in [0.1, 0.15) is 12.8 Å². The van der Waals surface area contributed by atoms with E-state index in [2.05, 4.69) is 49.1 Å². The van der Waals surface area contributed by atoms with Crippen molar-refractivity contribution >= 4 is 5.71 Å². The minimum absolute atomic E-state index is 0.955. The standard InChI is InChI=1S/C11H21N3/c1-13(2)8-10-6-5-7-11(12-10)9-14(3)4/h6H,5,7-9H2,1-4H3. The molecule has 1 aliphatic rings. The van der Waals surface area contributed by atoms with Gasteiger partial charge in [-0.1, -0.05) is 6.08 Å². The Bertz CT molecular complexity index is 239. The van der Waals surface area contributed by atoms with E-state index in [9.17, 15) is 0 Å². The molecule has 1 rings (SSSR count). The van der Waals surface area contributed by atoms with Crippen LogP contribution in [0.25, 0.3) is 0 Å². The molecular formula is C11H21N3. The molecule has 0 saturated heterocycles. The third kappa shape index (κ3) is 4.03. The highest BCUT2D eigenvalue weighted by Crippen LogP contribution is 2.11. The van der Waals surface area contributed by atoms with Gasteiger partial charge in [0.05, 0.1) is 5.70 Å². The summed E-state index contributed by atoms with van der Waals surface area (Å²) < 4.78 is 0. The van der Waals surface area contributed by atoms with Crippen molar-refractivity contribution < 1.29 is 0 Å². The molecule has 0 amide bonds. The number of allylic oxidation sites excluding steroid dienone is 1. The monoisotopic (exact) mass is 195 g/mol. The van der Waals surface area contributed by atoms with Crippen LogP contribution in [0, 0.1) is 0 Å². The summed E-state index contributed by atoms with van der Waals surface area (Å²) in [5.74, 6) is 0. The fourth-order valence-corrected chi connectivity index (χ4v) is 1.61. The fourth-order valence-electron chi connectivity index (χ4n) is 1.61. The fraction of sp³-hybridized carbons (Fsp3) is 0.727. The zero-order valence-corrected chi connectivity index (χ0v) is 9.75. The molecule has 1 heterocycles. The van der Waals surface area contributed by atoms with Gasteiger partial charge >= 0.3 is 0 Å². The van der Waals surface area contributed by atoms with E-state index in [4.69, 9.17) is 0 Å². The minimum atomic E-state index is 0.955. The molecule has 0 atom stereocenters. The van der Waals surface area contributed by atoms with Gasteiger partial charge in [-0.2, -0.15) is 0 Å². The second-order valence-electron chi connectivity index (χ2n) is 4.39. The summed E-state index contributed by atoms with van der Waals surface area (Å²) in [7, 11) is 8.34. The number of hydrogen-bond donors (Lipinski definition) is 0. The highest BCUT2D eigenvalue weighted by atomic mass is 15.1. The Kier molecular flexibility index (Phi) is 4.29. The van der Waals surface area contributed by atoms with Crippen molar-refractivity contribution in [2.45, 2.75) is 12.8 Å². The first-order valence-corrected chi connectivity index (χ1v) is 5.13. The van der Waals surface area contributed by atoms with Gasteiger partial charge in [0.2, 0.25) is 0 Å². The van der Waals surface area contributed by atoms with E-state index < -0.39 is 0 Å². The first kappa shape index (κ1) is 11.4. The summed E-state index contributed by atoms with van der Waals surface area (Å²) in [6.45, 7) is 1.95. The lowest BCUT2D eigenvalue weighted by molar-refractivity contribution is 0.440. The number of aliphatic imine (C=N–C) groups is 1. The molecule has 3 heteroatoms. The SMILES string of the molecule is CN(C)CC1=CCCC(CN(C)C)=N1. The lowest BCUT2D eigenvalue weighted by Gasteiger charge is -2.18. The van der Waals surface area contributed by atoms with Crippen molar-refractivity contribution in [3.63, 3.8) is 0 Å². The largest absolute Gasteiger partial charge is 0.304 e. The highest BCUT2D eigenvalue weighted by Gasteiger charge is 2.08. The number of rotatable bonds is 4. The molecule has 3 nitrogen and oxygen atoms in total. The topological polar surface area (TPSA) is 18.8 Å². The maximum Gasteiger partial charge on any atom is 0.0504 e. The van der Waals surface area contributed by atoms with Crippen LogP contribution < -0.4 is 0 Å². The molecule has 0 radical (unpaired) electrons. The lowest BCUT2D eigenvalue weighted by atomic mass is 10.1. The van der Waals surface area contributed by atoms with E-state index >= 15 is 0 Å². The Morgan fingerprint density at radius 2 is 1.79 bits per heavy atom. The molecule has 0 aromatic carbocycles. The van der Waals surface area contributed by atoms with Gasteiger partial charge < -0.3 is 9.80 Å². The average Bonchev–Trinajstić information content (AvgIpc) is 2.01. The minimum Gasteiger partial charge on any atom is -0.304 e. The van der Waals surface area contributed by atoms with Crippen LogP contribution in [0.3, 0.4) is 0 Å². The van der Waals surface area contributed by atoms with Gasteiger partial charge in [0, 0.05) is 18.8 Å². The summed E-state index contributed by atoms with van der Waals surface area (Å²) in [5.41, 5.74) is 2.53. The smallest absolute Gasteiger partial charge is 0.0504 e. The highest BCUT2D eigenvalue weighted by molar-refractivity contribution is 5.88. The molecule has 0 unspecified atom stereocenters. The maximum absolute atomic E-state index is 4.66. The Balaban J connectivity index is 2.53. The molecule has 0 bridgehead atoms. The molecule has 80 valence electrons. The molecule has 14 heavy (non-hydrogen) atoms. The van der Waals surface area contributed by atoms with Crippen LogP contribution in [0.4, 0.5) is 0 Å². The van der Waals surface area contributed by atoms with Crippen LogP contribution in [0.5, 0.6) is 0 Å². The Morgan fingerprint density at radius 1 is 1.14 bits per heavy atom. The van der Waals surface area contributed by atoms with Crippen molar-refractivity contribution in [2.24, 2.45) is 4.99 Å². The third-order valence-corrected chi connectivity index (χ3v) is 2.09. The van der Waals surface area contributed by atoms with Crippen molar-refractivity contribution in [3.05, 3.63) is 11.8 Å². The van der Waals surface area contributed by atoms with Gasteiger partial charge in [-0.05, 0) is 41.0 Å². The summed E-state index contributed by atoms with van der Waals surface area (Å²) in [4.78, 5) is 9.00. The first-order chi connectivity index (χ1) is 6.58. The second-order valence-corrected chi connectivity index (χ2v) is 4.39. The van der Waals surface area contributed by atoms with Gasteiger partial charge in [-0.15, -0.1) is 0 Å². The molecule has 0 N–H and O–H groups in total. The van der Waals surface area contributed by atoms with Crippen LogP contribution >= 0.6 is 0 Å². The summed E-state index contributed by atoms with van der Waals surface area (Å²) in [6.07, 6.45) is 4.52. The number of likely N-dealkylation sites (N-methyl/N-ethyl adjacent to an activating group) is 1. The maximum atomic E-state index is 4.66. The average molecular weight is 195 g/mol. The van der Waals surface area contributed by atoms with E-state index in [1.165, 1.54) is 11.4 Å². The molecule has 0 fully saturated rings. The molecule has 0 aromatic rings. The normalized spacial score (nSPS) is 17.3. The van der Waals surface area contributed by atoms with Crippen LogP contribution in [-0.4, -0.2) is 56.8 Å². The Hall–Kier alpha value is -0.670. The van der Waals surface area contributed by atoms with E-state index in [0.717, 1.165) is 25.9 Å². The zero-order valence-electron chi connectivity index (χ0n) is 9.75. The van der Waals surface area contributed by atoms with Gasteiger partial charge in [0.25, 0.3) is 0 Å². The molecule has 0 saturated carbocycles. The summed E-state index contributed by atoms with van der Waals surface area (Å²) >= 11 is 0. The van der Waals surface area contributed by atoms with Crippen LogP contribution in [0.2, 0.25) is 0 Å². The Labute approximate surface area is 87.1 Å². The van der Waals surface area contributed by atoms with Gasteiger partial charge in [-0.25, -0.2) is 0 Å². The summed E-state index contributed by atoms with van der Waals surface area (Å²) in [5, 5.41) is 0. The van der Waals surface area contributed by atoms with Crippen molar-refractivity contribution in [2.75, 3.05) is 41.3 Å². The zero-order chi connectivity index (χ0) is 10.6. The van der Waals surface area contributed by atoms with Crippen LogP contribution in [0.15, 0.2) is 16.8 Å². The van der Waals surface area contributed by atoms with Crippen molar-refractivity contribution in [3.8, 4) is 0 Å². The van der Waals surface area contributed by atoms with Gasteiger partial charge in [-0.3, -0.25) is 4.99 Å². The molecule has 0 aliphatic carbocycles. The van der Waals surface area contributed by atoms with Crippen LogP contribution in [-0.2, 0) is 0 Å². The quantitative estimate of drug-likeness (QED) is 0.672. The lowest BCUT2D eigenvalue weighted by Crippen LogP contribution is -2.24. The number of hydrogen-bond acceptors (Lipinski definition) is 3. The summed E-state index contributed by atoms with van der Waals surface area (Å²) in [6, 6.07) is 0. The third-order valence-electron chi connectivity index (χ3n) is 2.09. The van der Waals surface area contributed by atoms with Gasteiger partial charge in [0.1, 0.15) is 0 Å². The molecule has 1 aliphatic heterocycles. The predicted molar refractivity (Wildman–Crippen MR) is 61.9 cm³/mol. The van der Waals surface area contributed by atoms with Gasteiger partial charge in [0.15, 0.2) is 0 Å². The van der Waals surface area contributed by atoms with E-state index in [1.54, 1.807) is 0 Å². The molecular weight excluding hydrogens is 174 g/mol. The Morgan fingerprint density at radius 3 is 2.36 bits per heavy atom. The van der Waals surface area contributed by atoms with E-state index in [-0.39, 0.29) is 0 Å². The second kappa shape index (κ2) is 5.27. The molecule has 0 spiro atoms.